The van der Waals surface area contributed by atoms with Crippen LogP contribution in [-0.4, -0.2) is 22.6 Å². The fourth-order valence-corrected chi connectivity index (χ4v) is 4.63. The summed E-state index contributed by atoms with van der Waals surface area (Å²) in [4.78, 5) is 13.2. The molecule has 130 valence electrons. The number of fused-ring (bicyclic) bond motifs is 3. The van der Waals surface area contributed by atoms with Crippen molar-refractivity contribution in [3.63, 3.8) is 0 Å². The van der Waals surface area contributed by atoms with Gasteiger partial charge in [0.2, 0.25) is 5.79 Å². The van der Waals surface area contributed by atoms with Crippen LogP contribution in [0.5, 0.6) is 0 Å². The van der Waals surface area contributed by atoms with Crippen molar-refractivity contribution in [2.75, 3.05) is 6.61 Å². The second-order valence-electron chi connectivity index (χ2n) is 6.90. The highest BCUT2D eigenvalue weighted by molar-refractivity contribution is 6.30. The average molecular weight is 359 g/mol. The van der Waals surface area contributed by atoms with E-state index in [1.54, 1.807) is 48.5 Å². The van der Waals surface area contributed by atoms with E-state index >= 15 is 0 Å². The lowest BCUT2D eigenvalue weighted by atomic mass is 9.71. The summed E-state index contributed by atoms with van der Waals surface area (Å²) in [7, 11) is 0. The molecule has 2 unspecified atom stereocenters. The normalized spacial score (nSPS) is 33.4. The van der Waals surface area contributed by atoms with Gasteiger partial charge in [0.1, 0.15) is 5.60 Å². The molecule has 0 saturated carbocycles. The molecule has 5 heteroatoms. The lowest BCUT2D eigenvalue weighted by Crippen LogP contribution is -2.41. The molecule has 2 aliphatic rings. The maximum absolute atomic E-state index is 13.2. The van der Waals surface area contributed by atoms with Crippen LogP contribution in [-0.2, 0) is 16.1 Å². The molecule has 1 aliphatic heterocycles. The molecule has 0 bridgehead atoms. The molecule has 4 nitrogen and oxygen atoms in total. The number of aliphatic hydroxyl groups is 2. The quantitative estimate of drug-likeness (QED) is 0.882. The highest BCUT2D eigenvalue weighted by Crippen LogP contribution is 2.65. The van der Waals surface area contributed by atoms with Gasteiger partial charge in [-0.25, -0.2) is 0 Å². The molecule has 2 aromatic rings. The zero-order valence-electron chi connectivity index (χ0n) is 13.8. The summed E-state index contributed by atoms with van der Waals surface area (Å²) in [6, 6.07) is 14.0. The summed E-state index contributed by atoms with van der Waals surface area (Å²) < 4.78 is 6.17. The number of ketones is 1. The van der Waals surface area contributed by atoms with Crippen LogP contribution in [0, 0.1) is 5.41 Å². The van der Waals surface area contributed by atoms with Gasteiger partial charge >= 0.3 is 0 Å². The Bertz CT molecular complexity index is 866. The first-order chi connectivity index (χ1) is 11.9. The first-order valence-electron chi connectivity index (χ1n) is 8.36. The van der Waals surface area contributed by atoms with Crippen molar-refractivity contribution in [1.82, 2.24) is 0 Å². The third-order valence-electron chi connectivity index (χ3n) is 5.76. The number of carbonyl (C=O) groups is 1. The maximum Gasteiger partial charge on any atom is 0.207 e. The van der Waals surface area contributed by atoms with Gasteiger partial charge in [-0.05, 0) is 24.1 Å². The third kappa shape index (κ3) is 1.97. The molecule has 0 spiro atoms. The molecule has 3 atom stereocenters. The fraction of sp³-hybridized carbons (Fsp3) is 0.350. The van der Waals surface area contributed by atoms with E-state index in [4.69, 9.17) is 16.3 Å². The number of halogens is 1. The van der Waals surface area contributed by atoms with E-state index in [-0.39, 0.29) is 18.8 Å². The molecule has 1 heterocycles. The van der Waals surface area contributed by atoms with E-state index in [9.17, 15) is 15.0 Å². The standard InChI is InChI=1S/C20H19ClO4/c1-2-18-11-19(12-22,13-6-5-7-14(21)10-13)25-20(18,24)16-9-4-3-8-15(16)17(18)23/h3-10,22,24H,2,11-12H2,1H3/t18?,19-,20?/m1/s1. The molecule has 0 aromatic heterocycles. The number of hydrogen-bond acceptors (Lipinski definition) is 4. The summed E-state index contributed by atoms with van der Waals surface area (Å²) in [6.45, 7) is 1.51. The van der Waals surface area contributed by atoms with Crippen LogP contribution >= 0.6 is 11.6 Å². The van der Waals surface area contributed by atoms with E-state index in [0.717, 1.165) is 0 Å². The predicted octanol–water partition coefficient (Wildman–Crippen LogP) is 3.39. The van der Waals surface area contributed by atoms with Crippen LogP contribution in [0.2, 0.25) is 5.02 Å². The Hall–Kier alpha value is -1.72. The van der Waals surface area contributed by atoms with Gasteiger partial charge < -0.3 is 14.9 Å². The van der Waals surface area contributed by atoms with Gasteiger partial charge in [-0.15, -0.1) is 0 Å². The van der Waals surface area contributed by atoms with E-state index < -0.39 is 16.8 Å². The average Bonchev–Trinajstić information content (AvgIpc) is 3.01. The van der Waals surface area contributed by atoms with Crippen molar-refractivity contribution in [2.24, 2.45) is 5.41 Å². The van der Waals surface area contributed by atoms with E-state index in [2.05, 4.69) is 0 Å². The van der Waals surface area contributed by atoms with Gasteiger partial charge in [0, 0.05) is 22.6 Å². The highest BCUT2D eigenvalue weighted by atomic mass is 35.5. The van der Waals surface area contributed by atoms with Crippen molar-refractivity contribution >= 4 is 17.4 Å². The Morgan fingerprint density at radius 2 is 1.96 bits per heavy atom. The van der Waals surface area contributed by atoms with E-state index in [1.165, 1.54) is 0 Å². The Balaban J connectivity index is 1.93. The van der Waals surface area contributed by atoms with Gasteiger partial charge in [-0.2, -0.15) is 0 Å². The summed E-state index contributed by atoms with van der Waals surface area (Å²) in [5.74, 6) is -1.90. The third-order valence-corrected chi connectivity index (χ3v) is 6.00. The summed E-state index contributed by atoms with van der Waals surface area (Å²) in [5.41, 5.74) is -0.687. The molecule has 0 amide bonds. The van der Waals surface area contributed by atoms with Crippen LogP contribution in [0.25, 0.3) is 0 Å². The second kappa shape index (κ2) is 5.39. The van der Waals surface area contributed by atoms with E-state index in [0.29, 0.717) is 28.1 Å². The largest absolute Gasteiger partial charge is 0.393 e. The van der Waals surface area contributed by atoms with Gasteiger partial charge in [0.15, 0.2) is 5.78 Å². The number of benzene rings is 2. The van der Waals surface area contributed by atoms with Crippen LogP contribution in [0.15, 0.2) is 48.5 Å². The first-order valence-corrected chi connectivity index (χ1v) is 8.74. The molecule has 1 aliphatic carbocycles. The SMILES string of the molecule is CCC12C[C@@](CO)(c3cccc(Cl)c3)OC1(O)c1ccccc1C2=O. The topological polar surface area (TPSA) is 66.8 Å². The van der Waals surface area contributed by atoms with Crippen LogP contribution < -0.4 is 0 Å². The number of Topliss-reactive ketones (excluding diaryl/α,β-unsaturated/α-hetero) is 1. The molecule has 4 rings (SSSR count). The molecule has 0 radical (unpaired) electrons. The van der Waals surface area contributed by atoms with Crippen LogP contribution in [0.3, 0.4) is 0 Å². The number of rotatable bonds is 3. The first kappa shape index (κ1) is 16.7. The summed E-state index contributed by atoms with van der Waals surface area (Å²) >= 11 is 6.11. The lowest BCUT2D eigenvalue weighted by molar-refractivity contribution is -0.265. The molecule has 2 aromatic carbocycles. The van der Waals surface area contributed by atoms with Crippen molar-refractivity contribution < 1.29 is 19.7 Å². The van der Waals surface area contributed by atoms with Gasteiger partial charge in [-0.1, -0.05) is 54.9 Å². The summed E-state index contributed by atoms with van der Waals surface area (Å²) in [6.07, 6.45) is 0.594. The Kier molecular flexibility index (Phi) is 3.61. The number of hydrogen-bond donors (Lipinski definition) is 2. The van der Waals surface area contributed by atoms with Crippen LogP contribution in [0.1, 0.15) is 41.3 Å². The monoisotopic (exact) mass is 358 g/mol. The number of aliphatic hydroxyl groups excluding tert-OH is 1. The second-order valence-corrected chi connectivity index (χ2v) is 7.33. The number of ether oxygens (including phenoxy) is 1. The minimum atomic E-state index is -1.76. The zero-order chi connectivity index (χ0) is 17.9. The minimum Gasteiger partial charge on any atom is -0.393 e. The fourth-order valence-electron chi connectivity index (χ4n) is 4.44. The van der Waals surface area contributed by atoms with Gasteiger partial charge in [-0.3, -0.25) is 4.79 Å². The smallest absolute Gasteiger partial charge is 0.207 e. The molecule has 25 heavy (non-hydrogen) atoms. The molecular formula is C20H19ClO4. The van der Waals surface area contributed by atoms with Crippen molar-refractivity contribution in [1.29, 1.82) is 0 Å². The summed E-state index contributed by atoms with van der Waals surface area (Å²) in [5, 5.41) is 22.2. The molecule has 1 fully saturated rings. The Morgan fingerprint density at radius 1 is 1.20 bits per heavy atom. The highest BCUT2D eigenvalue weighted by Gasteiger charge is 2.72. The van der Waals surface area contributed by atoms with Crippen LogP contribution in [0.4, 0.5) is 0 Å². The van der Waals surface area contributed by atoms with Crippen molar-refractivity contribution in [2.45, 2.75) is 31.2 Å². The number of carbonyl (C=O) groups excluding carboxylic acids is 1. The minimum absolute atomic E-state index is 0.134. The molecular weight excluding hydrogens is 340 g/mol. The molecule has 2 N–H and O–H groups in total. The Morgan fingerprint density at radius 3 is 2.64 bits per heavy atom. The Labute approximate surface area is 151 Å². The predicted molar refractivity (Wildman–Crippen MR) is 93.3 cm³/mol. The van der Waals surface area contributed by atoms with E-state index in [1.807, 2.05) is 6.92 Å². The lowest BCUT2D eigenvalue weighted by Gasteiger charge is -2.33. The maximum atomic E-state index is 13.2. The van der Waals surface area contributed by atoms with Crippen molar-refractivity contribution in [3.8, 4) is 0 Å². The van der Waals surface area contributed by atoms with Crippen molar-refractivity contribution in [3.05, 3.63) is 70.2 Å². The van der Waals surface area contributed by atoms with Gasteiger partial charge in [0.05, 0.1) is 12.0 Å². The van der Waals surface area contributed by atoms with Gasteiger partial charge in [0.25, 0.3) is 0 Å². The molecule has 1 saturated heterocycles. The zero-order valence-corrected chi connectivity index (χ0v) is 14.6.